The fourth-order valence-electron chi connectivity index (χ4n) is 1.16. The van der Waals surface area contributed by atoms with E-state index in [1.807, 2.05) is 27.7 Å². The van der Waals surface area contributed by atoms with Gasteiger partial charge in [-0.05, 0) is 11.8 Å². The van der Waals surface area contributed by atoms with E-state index in [1.54, 1.807) is 0 Å². The highest BCUT2D eigenvalue weighted by Gasteiger charge is 2.35. The van der Waals surface area contributed by atoms with Crippen LogP contribution in [-0.4, -0.2) is 26.4 Å². The Morgan fingerprint density at radius 1 is 1.17 bits per heavy atom. The molecule has 106 valence electrons. The van der Waals surface area contributed by atoms with Crippen LogP contribution >= 0.6 is 7.60 Å². The van der Waals surface area contributed by atoms with E-state index in [0.29, 0.717) is 26.4 Å². The van der Waals surface area contributed by atoms with Gasteiger partial charge >= 0.3 is 7.60 Å². The topological polar surface area (TPSA) is 54.0 Å². The van der Waals surface area contributed by atoms with Crippen LogP contribution in [0.1, 0.15) is 27.7 Å². The Morgan fingerprint density at radius 3 is 2.11 bits per heavy atom. The molecule has 1 aliphatic heterocycles. The van der Waals surface area contributed by atoms with Crippen LogP contribution in [0.5, 0.6) is 0 Å². The second-order valence-corrected chi connectivity index (χ2v) is 7.00. The molecule has 0 aromatic rings. The van der Waals surface area contributed by atoms with E-state index in [-0.39, 0.29) is 17.3 Å². The zero-order valence-corrected chi connectivity index (χ0v) is 12.4. The van der Waals surface area contributed by atoms with Crippen LogP contribution in [0, 0.1) is 11.8 Å². The van der Waals surface area contributed by atoms with Gasteiger partial charge in [0.25, 0.3) is 0 Å². The summed E-state index contributed by atoms with van der Waals surface area (Å²) < 4.78 is 34.0. The predicted molar refractivity (Wildman–Crippen MR) is 69.2 cm³/mol. The summed E-state index contributed by atoms with van der Waals surface area (Å²) in [5.41, 5.74) is 0.176. The molecule has 0 N–H and O–H groups in total. The van der Waals surface area contributed by atoms with Crippen molar-refractivity contribution in [3.05, 3.63) is 11.8 Å². The maximum Gasteiger partial charge on any atom is 0.398 e. The number of ether oxygens (including phenoxy) is 2. The Hall–Kier alpha value is -0.510. The Kier molecular flexibility index (Phi) is 6.19. The van der Waals surface area contributed by atoms with E-state index in [0.717, 1.165) is 0 Å². The van der Waals surface area contributed by atoms with Gasteiger partial charge < -0.3 is 18.5 Å². The highest BCUT2D eigenvalue weighted by molar-refractivity contribution is 7.58. The minimum Gasteiger partial charge on any atom is -0.493 e. The molecule has 1 heterocycles. The fraction of sp³-hybridized carbons (Fsp3) is 0.833. The molecule has 6 heteroatoms. The van der Waals surface area contributed by atoms with Crippen molar-refractivity contribution in [1.29, 1.82) is 0 Å². The summed E-state index contributed by atoms with van der Waals surface area (Å²) in [7, 11) is -3.39. The van der Waals surface area contributed by atoms with Crippen LogP contribution in [-0.2, 0) is 23.1 Å². The molecule has 18 heavy (non-hydrogen) atoms. The van der Waals surface area contributed by atoms with Crippen molar-refractivity contribution in [2.75, 3.05) is 26.4 Å². The first-order valence-corrected chi connectivity index (χ1v) is 7.82. The Bertz CT molecular complexity index is 308. The van der Waals surface area contributed by atoms with Crippen molar-refractivity contribution in [1.82, 2.24) is 0 Å². The summed E-state index contributed by atoms with van der Waals surface area (Å²) in [5, 5.41) is 0. The van der Waals surface area contributed by atoms with Crippen molar-refractivity contribution in [2.24, 2.45) is 11.8 Å². The lowest BCUT2D eigenvalue weighted by atomic mass is 10.2. The summed E-state index contributed by atoms with van der Waals surface area (Å²) in [6.07, 6.45) is 1.34. The van der Waals surface area contributed by atoms with Gasteiger partial charge in [0.1, 0.15) is 19.5 Å². The molecule has 0 radical (unpaired) electrons. The Morgan fingerprint density at radius 2 is 1.72 bits per heavy atom. The molecule has 0 unspecified atom stereocenters. The van der Waals surface area contributed by atoms with E-state index in [9.17, 15) is 4.57 Å². The van der Waals surface area contributed by atoms with E-state index >= 15 is 0 Å². The number of hydrogen-bond donors (Lipinski definition) is 0. The second-order valence-electron chi connectivity index (χ2n) is 5.05. The monoisotopic (exact) mass is 278 g/mol. The summed E-state index contributed by atoms with van der Waals surface area (Å²) in [4.78, 5) is 0. The predicted octanol–water partition coefficient (Wildman–Crippen LogP) is 3.37. The maximum atomic E-state index is 12.7. The number of rotatable bonds is 7. The zero-order valence-electron chi connectivity index (χ0n) is 11.5. The maximum absolute atomic E-state index is 12.7. The lowest BCUT2D eigenvalue weighted by molar-refractivity contribution is 0.0816. The Labute approximate surface area is 109 Å². The first-order chi connectivity index (χ1) is 8.44. The first-order valence-electron chi connectivity index (χ1n) is 6.28. The third-order valence-corrected chi connectivity index (χ3v) is 3.81. The average Bonchev–Trinajstić information content (AvgIpc) is 2.35. The summed E-state index contributed by atoms with van der Waals surface area (Å²) in [5.74, 6) is 0.539. The molecule has 5 nitrogen and oxygen atoms in total. The van der Waals surface area contributed by atoms with Gasteiger partial charge in [0.05, 0.1) is 13.2 Å². The quantitative estimate of drug-likeness (QED) is 0.668. The fourth-order valence-corrected chi connectivity index (χ4v) is 2.93. The van der Waals surface area contributed by atoms with Crippen LogP contribution in [0.3, 0.4) is 0 Å². The highest BCUT2D eigenvalue weighted by atomic mass is 31.2. The molecule has 0 atom stereocenters. The van der Waals surface area contributed by atoms with Gasteiger partial charge in [0, 0.05) is 0 Å². The summed E-state index contributed by atoms with van der Waals surface area (Å²) in [6.45, 7) is 9.48. The largest absolute Gasteiger partial charge is 0.493 e. The normalized spacial score (nSPS) is 16.4. The lowest BCUT2D eigenvalue weighted by Gasteiger charge is -2.24. The standard InChI is InChI=1S/C12H23O5P/c1-10(2)7-16-18(13,17-8-11(3)4)12-9-14-5-6-15-12/h9-11H,5-8H2,1-4H3. The molecule has 0 saturated heterocycles. The smallest absolute Gasteiger partial charge is 0.398 e. The molecule has 0 amide bonds. The summed E-state index contributed by atoms with van der Waals surface area (Å²) in [6, 6.07) is 0. The van der Waals surface area contributed by atoms with Gasteiger partial charge in [-0.15, -0.1) is 0 Å². The molecule has 0 aromatic carbocycles. The van der Waals surface area contributed by atoms with Crippen LogP contribution in [0.4, 0.5) is 0 Å². The van der Waals surface area contributed by atoms with Gasteiger partial charge in [-0.1, -0.05) is 27.7 Å². The molecule has 0 aromatic heterocycles. The summed E-state index contributed by atoms with van der Waals surface area (Å²) >= 11 is 0. The molecule has 0 saturated carbocycles. The van der Waals surface area contributed by atoms with E-state index in [1.165, 1.54) is 6.26 Å². The van der Waals surface area contributed by atoms with E-state index in [4.69, 9.17) is 18.5 Å². The third kappa shape index (κ3) is 5.01. The molecular weight excluding hydrogens is 255 g/mol. The molecule has 0 spiro atoms. The SMILES string of the molecule is CC(C)COP(=O)(OCC(C)C)C1=COCCO1. The van der Waals surface area contributed by atoms with Crippen molar-refractivity contribution in [3.8, 4) is 0 Å². The number of hydrogen-bond acceptors (Lipinski definition) is 5. The molecule has 1 aliphatic rings. The molecular formula is C12H23O5P. The lowest BCUT2D eigenvalue weighted by Crippen LogP contribution is -2.14. The molecule has 0 fully saturated rings. The van der Waals surface area contributed by atoms with Gasteiger partial charge in [-0.3, -0.25) is 4.57 Å². The van der Waals surface area contributed by atoms with Crippen molar-refractivity contribution in [2.45, 2.75) is 27.7 Å². The van der Waals surface area contributed by atoms with Gasteiger partial charge in [0.15, 0.2) is 0 Å². The molecule has 0 aliphatic carbocycles. The van der Waals surface area contributed by atoms with Crippen LogP contribution in [0.2, 0.25) is 0 Å². The molecule has 0 bridgehead atoms. The average molecular weight is 278 g/mol. The second kappa shape index (κ2) is 7.17. The van der Waals surface area contributed by atoms with Gasteiger partial charge in [-0.25, -0.2) is 0 Å². The first kappa shape index (κ1) is 15.5. The minimum absolute atomic E-state index is 0.176. The van der Waals surface area contributed by atoms with Gasteiger partial charge in [-0.2, -0.15) is 0 Å². The van der Waals surface area contributed by atoms with Crippen molar-refractivity contribution < 1.29 is 23.1 Å². The van der Waals surface area contributed by atoms with Crippen molar-refractivity contribution in [3.63, 3.8) is 0 Å². The van der Waals surface area contributed by atoms with Crippen molar-refractivity contribution >= 4 is 7.60 Å². The van der Waals surface area contributed by atoms with Crippen LogP contribution < -0.4 is 0 Å². The minimum atomic E-state index is -3.39. The Balaban J connectivity index is 2.72. The van der Waals surface area contributed by atoms with E-state index < -0.39 is 7.60 Å². The van der Waals surface area contributed by atoms with E-state index in [2.05, 4.69) is 0 Å². The zero-order chi connectivity index (χ0) is 13.6. The highest BCUT2D eigenvalue weighted by Crippen LogP contribution is 2.57. The third-order valence-electron chi connectivity index (χ3n) is 2.06. The van der Waals surface area contributed by atoms with Gasteiger partial charge in [0.2, 0.25) is 5.50 Å². The van der Waals surface area contributed by atoms with Crippen LogP contribution in [0.25, 0.3) is 0 Å². The van der Waals surface area contributed by atoms with Crippen LogP contribution in [0.15, 0.2) is 11.8 Å². The molecule has 1 rings (SSSR count).